The molecule has 0 atom stereocenters. The van der Waals surface area contributed by atoms with Crippen molar-refractivity contribution in [1.29, 1.82) is 0 Å². The first kappa shape index (κ1) is 16.1. The molecule has 1 fully saturated rings. The Bertz CT molecular complexity index is 538. The lowest BCUT2D eigenvalue weighted by atomic mass is 10.2. The van der Waals surface area contributed by atoms with E-state index in [1.54, 1.807) is 19.2 Å². The predicted octanol–water partition coefficient (Wildman–Crippen LogP) is 0.444. The Labute approximate surface area is 128 Å². The Morgan fingerprint density at radius 2 is 2.09 bits per heavy atom. The van der Waals surface area contributed by atoms with Gasteiger partial charge in [0.2, 0.25) is 5.96 Å². The van der Waals surface area contributed by atoms with Crippen LogP contribution in [0.2, 0.25) is 0 Å². The maximum absolute atomic E-state index is 5.73. The van der Waals surface area contributed by atoms with Crippen LogP contribution in [0.3, 0.4) is 0 Å². The molecule has 1 aliphatic heterocycles. The van der Waals surface area contributed by atoms with Crippen molar-refractivity contribution in [2.45, 2.75) is 12.7 Å². The molecule has 0 radical (unpaired) electrons. The fraction of sp³-hybridized carbons (Fsp3) is 0.429. The van der Waals surface area contributed by atoms with E-state index in [2.05, 4.69) is 10.2 Å². The molecule has 120 valence electrons. The maximum Gasteiger partial charge on any atom is 0.211 e. The van der Waals surface area contributed by atoms with Gasteiger partial charge in [0.25, 0.3) is 0 Å². The number of nitrogens with two attached hydrogens (primary N) is 2. The molecule has 1 saturated heterocycles. The average Bonchev–Trinajstić information content (AvgIpc) is 3.00. The van der Waals surface area contributed by atoms with Crippen molar-refractivity contribution >= 4 is 12.2 Å². The lowest BCUT2D eigenvalue weighted by molar-refractivity contribution is -0.0532. The van der Waals surface area contributed by atoms with Crippen LogP contribution in [-0.2, 0) is 9.47 Å². The SMILES string of the molecule is COc1ccc(C=NN=C(N)N)cc1OCCC1OCCO1. The Morgan fingerprint density at radius 3 is 2.77 bits per heavy atom. The number of hydrogen-bond donors (Lipinski definition) is 2. The minimum Gasteiger partial charge on any atom is -0.493 e. The molecule has 22 heavy (non-hydrogen) atoms. The zero-order valence-corrected chi connectivity index (χ0v) is 12.4. The third-order valence-corrected chi connectivity index (χ3v) is 2.87. The van der Waals surface area contributed by atoms with Gasteiger partial charge in [0.15, 0.2) is 17.8 Å². The molecule has 2 rings (SSSR count). The lowest BCUT2D eigenvalue weighted by Crippen LogP contribution is -2.21. The highest BCUT2D eigenvalue weighted by molar-refractivity contribution is 5.82. The summed E-state index contributed by atoms with van der Waals surface area (Å²) >= 11 is 0. The Balaban J connectivity index is 1.97. The molecule has 1 aromatic carbocycles. The second-order valence-electron chi connectivity index (χ2n) is 4.49. The highest BCUT2D eigenvalue weighted by atomic mass is 16.7. The van der Waals surface area contributed by atoms with Crippen molar-refractivity contribution in [1.82, 2.24) is 0 Å². The second kappa shape index (κ2) is 8.20. The van der Waals surface area contributed by atoms with Gasteiger partial charge >= 0.3 is 0 Å². The molecule has 0 spiro atoms. The summed E-state index contributed by atoms with van der Waals surface area (Å²) in [5, 5.41) is 7.30. The van der Waals surface area contributed by atoms with Gasteiger partial charge in [0, 0.05) is 6.42 Å². The van der Waals surface area contributed by atoms with E-state index >= 15 is 0 Å². The number of methoxy groups -OCH3 is 1. The number of hydrogen-bond acceptors (Lipinski definition) is 6. The third kappa shape index (κ3) is 4.90. The van der Waals surface area contributed by atoms with Crippen molar-refractivity contribution in [3.05, 3.63) is 23.8 Å². The molecule has 4 N–H and O–H groups in total. The topological polar surface area (TPSA) is 114 Å². The summed E-state index contributed by atoms with van der Waals surface area (Å²) in [6.07, 6.45) is 1.97. The lowest BCUT2D eigenvalue weighted by Gasteiger charge is -2.13. The zero-order valence-electron chi connectivity index (χ0n) is 12.4. The Morgan fingerprint density at radius 1 is 1.32 bits per heavy atom. The molecule has 0 aliphatic carbocycles. The molecule has 1 heterocycles. The van der Waals surface area contributed by atoms with Crippen LogP contribution in [0.5, 0.6) is 11.5 Å². The fourth-order valence-electron chi connectivity index (χ4n) is 1.89. The summed E-state index contributed by atoms with van der Waals surface area (Å²) in [5.74, 6) is 1.14. The van der Waals surface area contributed by atoms with E-state index in [4.69, 9.17) is 30.4 Å². The number of ether oxygens (including phenoxy) is 4. The van der Waals surface area contributed by atoms with Crippen LogP contribution in [0.1, 0.15) is 12.0 Å². The first-order chi connectivity index (χ1) is 10.7. The number of guanidine groups is 1. The largest absolute Gasteiger partial charge is 0.493 e. The van der Waals surface area contributed by atoms with E-state index in [9.17, 15) is 0 Å². The monoisotopic (exact) mass is 308 g/mol. The van der Waals surface area contributed by atoms with Crippen molar-refractivity contribution in [3.8, 4) is 11.5 Å². The molecule has 0 amide bonds. The van der Waals surface area contributed by atoms with Crippen molar-refractivity contribution in [2.24, 2.45) is 21.7 Å². The zero-order chi connectivity index (χ0) is 15.8. The van der Waals surface area contributed by atoms with Crippen LogP contribution >= 0.6 is 0 Å². The first-order valence-electron chi connectivity index (χ1n) is 6.85. The summed E-state index contributed by atoms with van der Waals surface area (Å²) in [5.41, 5.74) is 11.2. The Hall–Kier alpha value is -2.32. The van der Waals surface area contributed by atoms with Gasteiger partial charge in [-0.15, -0.1) is 5.10 Å². The van der Waals surface area contributed by atoms with Crippen LogP contribution < -0.4 is 20.9 Å². The normalized spacial score (nSPS) is 15.1. The van der Waals surface area contributed by atoms with Gasteiger partial charge in [-0.3, -0.25) is 0 Å². The standard InChI is InChI=1S/C14H20N4O4/c1-19-11-3-2-10(9-17-18-14(15)16)8-12(11)20-5-4-13-21-6-7-22-13/h2-3,8-9,13H,4-7H2,1H3,(H4,15,16,18). The molecule has 0 bridgehead atoms. The van der Waals surface area contributed by atoms with Crippen LogP contribution in [0.15, 0.2) is 28.4 Å². The van der Waals surface area contributed by atoms with Gasteiger partial charge in [-0.1, -0.05) is 0 Å². The van der Waals surface area contributed by atoms with E-state index in [1.807, 2.05) is 6.07 Å². The maximum atomic E-state index is 5.73. The molecule has 1 aliphatic rings. The first-order valence-corrected chi connectivity index (χ1v) is 6.85. The molecular weight excluding hydrogens is 288 g/mol. The van der Waals surface area contributed by atoms with Crippen molar-refractivity contribution in [2.75, 3.05) is 26.9 Å². The average molecular weight is 308 g/mol. The number of nitrogens with zero attached hydrogens (tertiary/aromatic N) is 2. The summed E-state index contributed by atoms with van der Waals surface area (Å²) in [7, 11) is 1.58. The molecule has 0 saturated carbocycles. The summed E-state index contributed by atoms with van der Waals surface area (Å²) in [6, 6.07) is 5.40. The fourth-order valence-corrected chi connectivity index (χ4v) is 1.89. The molecule has 8 nitrogen and oxygen atoms in total. The van der Waals surface area contributed by atoms with Gasteiger partial charge < -0.3 is 30.4 Å². The van der Waals surface area contributed by atoms with Crippen LogP contribution in [0.25, 0.3) is 0 Å². The second-order valence-corrected chi connectivity index (χ2v) is 4.49. The van der Waals surface area contributed by atoms with Crippen LogP contribution in [0, 0.1) is 0 Å². The van der Waals surface area contributed by atoms with Gasteiger partial charge in [-0.25, -0.2) is 0 Å². The van der Waals surface area contributed by atoms with E-state index in [-0.39, 0.29) is 12.2 Å². The molecule has 0 unspecified atom stereocenters. The summed E-state index contributed by atoms with van der Waals surface area (Å²) in [4.78, 5) is 0. The van der Waals surface area contributed by atoms with E-state index in [1.165, 1.54) is 6.21 Å². The highest BCUT2D eigenvalue weighted by Gasteiger charge is 2.16. The molecule has 8 heteroatoms. The van der Waals surface area contributed by atoms with E-state index < -0.39 is 0 Å². The van der Waals surface area contributed by atoms with Gasteiger partial charge in [-0.05, 0) is 23.8 Å². The van der Waals surface area contributed by atoms with Crippen molar-refractivity contribution in [3.63, 3.8) is 0 Å². The molecular formula is C14H20N4O4. The number of benzene rings is 1. The smallest absolute Gasteiger partial charge is 0.211 e. The van der Waals surface area contributed by atoms with E-state index in [0.717, 1.165) is 5.56 Å². The number of rotatable bonds is 7. The summed E-state index contributed by atoms with van der Waals surface area (Å²) in [6.45, 7) is 1.71. The Kier molecular flexibility index (Phi) is 5.99. The van der Waals surface area contributed by atoms with Crippen molar-refractivity contribution < 1.29 is 18.9 Å². The highest BCUT2D eigenvalue weighted by Crippen LogP contribution is 2.28. The summed E-state index contributed by atoms with van der Waals surface area (Å²) < 4.78 is 21.7. The minimum absolute atomic E-state index is 0.0993. The molecule has 1 aromatic rings. The van der Waals surface area contributed by atoms with Crippen LogP contribution in [-0.4, -0.2) is 45.4 Å². The van der Waals surface area contributed by atoms with Gasteiger partial charge in [0.05, 0.1) is 33.1 Å². The third-order valence-electron chi connectivity index (χ3n) is 2.87. The minimum atomic E-state index is -0.197. The predicted molar refractivity (Wildman–Crippen MR) is 82.2 cm³/mol. The quantitative estimate of drug-likeness (QED) is 0.429. The van der Waals surface area contributed by atoms with Crippen LogP contribution in [0.4, 0.5) is 0 Å². The molecule has 0 aromatic heterocycles. The van der Waals surface area contributed by atoms with E-state index in [0.29, 0.717) is 37.7 Å². The van der Waals surface area contributed by atoms with Gasteiger partial charge in [0.1, 0.15) is 0 Å². The van der Waals surface area contributed by atoms with Gasteiger partial charge in [-0.2, -0.15) is 5.10 Å².